The first-order chi connectivity index (χ1) is 27.9. The van der Waals surface area contributed by atoms with E-state index in [1.54, 1.807) is 7.11 Å². The molecule has 13 heteroatoms. The minimum Gasteiger partial charge on any atom is -0.496 e. The number of fused-ring (bicyclic) bond motifs is 4. The molecule has 8 rings (SSSR count). The molecule has 3 aromatic rings. The molecule has 5 aliphatic rings. The maximum atomic E-state index is 15.2. The van der Waals surface area contributed by atoms with Crippen LogP contribution in [0.5, 0.6) is 5.75 Å². The number of aromatic amines is 1. The molecule has 1 spiro atoms. The van der Waals surface area contributed by atoms with E-state index in [0.717, 1.165) is 46.3 Å². The molecule has 0 bridgehead atoms. The van der Waals surface area contributed by atoms with Crippen LogP contribution in [0.1, 0.15) is 75.3 Å². The average molecular weight is 799 g/mol. The third-order valence-electron chi connectivity index (χ3n) is 14.7. The van der Waals surface area contributed by atoms with Gasteiger partial charge in [0.05, 0.1) is 34.1 Å². The van der Waals surface area contributed by atoms with Crippen LogP contribution in [0, 0.1) is 11.3 Å². The number of nitrogens with zero attached hydrogens (tertiary/aromatic N) is 3. The fraction of sp³-hybridized carbons (Fsp3) is 0.578. The summed E-state index contributed by atoms with van der Waals surface area (Å²) in [6.07, 6.45) is 6.50. The molecular formula is C45H58N4O9. The largest absolute Gasteiger partial charge is 0.496 e. The number of H-pyrrole nitrogens is 1. The molecule has 4 aliphatic heterocycles. The van der Waals surface area contributed by atoms with Gasteiger partial charge < -0.3 is 39.0 Å². The third kappa shape index (κ3) is 5.31. The topological polar surface area (TPSA) is 154 Å². The quantitative estimate of drug-likeness (QED) is 0.162. The Labute approximate surface area is 340 Å². The number of rotatable bonds is 9. The normalized spacial score (nSPS) is 32.9. The van der Waals surface area contributed by atoms with E-state index in [1.807, 2.05) is 43.1 Å². The first kappa shape index (κ1) is 40.4. The van der Waals surface area contributed by atoms with E-state index in [4.69, 9.17) is 18.9 Å². The molecule has 1 aliphatic carbocycles. The fourth-order valence-corrected chi connectivity index (χ4v) is 12.7. The van der Waals surface area contributed by atoms with Gasteiger partial charge in [0.1, 0.15) is 11.2 Å². The molecule has 1 saturated carbocycles. The van der Waals surface area contributed by atoms with Crippen LogP contribution in [-0.4, -0.2) is 128 Å². The smallest absolute Gasteiger partial charge is 0.344 e. The summed E-state index contributed by atoms with van der Waals surface area (Å²) in [5.74, 6) is -1.48. The van der Waals surface area contributed by atoms with E-state index in [9.17, 15) is 19.8 Å². The van der Waals surface area contributed by atoms with Crippen LogP contribution in [0.3, 0.4) is 0 Å². The predicted octanol–water partition coefficient (Wildman–Crippen LogP) is 4.20. The van der Waals surface area contributed by atoms with E-state index < -0.39 is 51.9 Å². The third-order valence-corrected chi connectivity index (χ3v) is 14.7. The van der Waals surface area contributed by atoms with Gasteiger partial charge in [0.15, 0.2) is 6.10 Å². The zero-order valence-corrected chi connectivity index (χ0v) is 34.8. The highest BCUT2D eigenvalue weighted by Gasteiger charge is 2.80. The Balaban J connectivity index is 1.47. The van der Waals surface area contributed by atoms with Gasteiger partial charge in [-0.1, -0.05) is 50.6 Å². The fourth-order valence-electron chi connectivity index (χ4n) is 12.7. The van der Waals surface area contributed by atoms with Gasteiger partial charge in [-0.3, -0.25) is 19.4 Å². The summed E-state index contributed by atoms with van der Waals surface area (Å²) >= 11 is 0. The lowest BCUT2D eigenvalue weighted by Crippen LogP contribution is -2.81. The highest BCUT2D eigenvalue weighted by molar-refractivity contribution is 5.95. The molecule has 1 saturated heterocycles. The molecular weight excluding hydrogens is 741 g/mol. The van der Waals surface area contributed by atoms with Crippen LogP contribution in [0.2, 0.25) is 0 Å². The zero-order valence-electron chi connectivity index (χ0n) is 34.8. The van der Waals surface area contributed by atoms with Gasteiger partial charge in [0, 0.05) is 84.4 Å². The van der Waals surface area contributed by atoms with Crippen molar-refractivity contribution in [1.82, 2.24) is 14.8 Å². The molecule has 0 unspecified atom stereocenters. The van der Waals surface area contributed by atoms with Gasteiger partial charge in [-0.05, 0) is 67.8 Å². The van der Waals surface area contributed by atoms with E-state index in [-0.39, 0.29) is 18.7 Å². The van der Waals surface area contributed by atoms with E-state index in [2.05, 4.69) is 46.0 Å². The number of hydrogen-bond donors (Lipinski definition) is 3. The second-order valence-corrected chi connectivity index (χ2v) is 17.2. The van der Waals surface area contributed by atoms with Crippen molar-refractivity contribution < 1.29 is 43.5 Å². The highest BCUT2D eigenvalue weighted by Crippen LogP contribution is 2.68. The minimum atomic E-state index is -2.30. The highest BCUT2D eigenvalue weighted by atomic mass is 16.6. The van der Waals surface area contributed by atoms with Crippen LogP contribution in [0.25, 0.3) is 10.9 Å². The number of anilines is 1. The van der Waals surface area contributed by atoms with Gasteiger partial charge in [0.2, 0.25) is 5.60 Å². The number of carbonyl (C=O) groups is 3. The lowest BCUT2D eigenvalue weighted by atomic mass is 9.47. The summed E-state index contributed by atoms with van der Waals surface area (Å²) in [6, 6.07) is 10.9. The van der Waals surface area contributed by atoms with Crippen molar-refractivity contribution in [2.45, 2.75) is 93.9 Å². The molecule has 3 N–H and O–H groups in total. The van der Waals surface area contributed by atoms with Gasteiger partial charge >= 0.3 is 17.9 Å². The van der Waals surface area contributed by atoms with Crippen LogP contribution >= 0.6 is 0 Å². The summed E-state index contributed by atoms with van der Waals surface area (Å²) in [6.45, 7) is 7.84. The summed E-state index contributed by atoms with van der Waals surface area (Å²) in [5.41, 5.74) is -0.722. The zero-order chi connectivity index (χ0) is 41.4. The maximum absolute atomic E-state index is 15.2. The summed E-state index contributed by atoms with van der Waals surface area (Å²) in [5, 5.41) is 24.9. The standard InChI is InChI=1S/C45H58N4O9/c1-8-13-28-24-44(40(52)56-6,36-30(16-20-48(25-28)26-50)29-14-10-11-15-33(29)46-36)32-22-31-34(23-35(32)55-5)47(4)38-43(31)18-21-49-19-12-17-42(9-2,37(43)49)39(58-27(3)51)45(38,54)41(53)57-7/h10-12,14-15,17,22-23,28,37-39,46,50,54H,8-9,13,16,18-21,24-26H2,1-7H3/t28-,37-,38+,39+,42+,43+,44-,45-/m0/s1. The molecule has 58 heavy (non-hydrogen) atoms. The van der Waals surface area contributed by atoms with Crippen LogP contribution in [-0.2, 0) is 45.8 Å². The number of carbonyl (C=O) groups excluding carboxylic acids is 3. The van der Waals surface area contributed by atoms with E-state index >= 15 is 4.79 Å². The number of methoxy groups -OCH3 is 3. The van der Waals surface area contributed by atoms with Crippen molar-refractivity contribution in [1.29, 1.82) is 0 Å². The Morgan fingerprint density at radius 3 is 2.43 bits per heavy atom. The van der Waals surface area contributed by atoms with E-state index in [1.165, 1.54) is 21.1 Å². The van der Waals surface area contributed by atoms with Gasteiger partial charge in [-0.15, -0.1) is 0 Å². The predicted molar refractivity (Wildman–Crippen MR) is 218 cm³/mol. The van der Waals surface area contributed by atoms with Gasteiger partial charge in [-0.25, -0.2) is 4.79 Å². The first-order valence-electron chi connectivity index (χ1n) is 20.7. The second kappa shape index (κ2) is 14.7. The Hall–Kier alpha value is -4.43. The molecule has 13 nitrogen and oxygen atoms in total. The Kier molecular flexibility index (Phi) is 10.2. The maximum Gasteiger partial charge on any atom is 0.344 e. The Bertz CT molecular complexity index is 2150. The summed E-state index contributed by atoms with van der Waals surface area (Å²) < 4.78 is 23.9. The lowest BCUT2D eigenvalue weighted by Gasteiger charge is -2.63. The SMILES string of the molecule is CCC[C@@H]1CN(CO)CCc2c([nH]c3ccccc23)[C@@](C(=O)OC)(c2cc3c(cc2OC)N(C)[C@H]2[C@@](O)(C(=O)OC)[C@H](OC(C)=O)[C@]4(CC)C=CCN5CC[C@]32[C@@H]54)C1. The second-order valence-electron chi connectivity index (χ2n) is 17.2. The van der Waals surface area contributed by atoms with E-state index in [0.29, 0.717) is 63.2 Å². The van der Waals surface area contributed by atoms with Gasteiger partial charge in [0.25, 0.3) is 0 Å². The molecule has 2 fully saturated rings. The number of hydrogen-bond acceptors (Lipinski definition) is 12. The van der Waals surface area contributed by atoms with Crippen molar-refractivity contribution >= 4 is 34.5 Å². The minimum absolute atomic E-state index is 0.0260. The summed E-state index contributed by atoms with van der Waals surface area (Å²) in [4.78, 5) is 52.7. The number of ether oxygens (including phenoxy) is 4. The van der Waals surface area contributed by atoms with Crippen molar-refractivity contribution in [3.8, 4) is 5.75 Å². The van der Waals surface area contributed by atoms with Crippen molar-refractivity contribution in [3.63, 3.8) is 0 Å². The number of aliphatic hydroxyl groups excluding tert-OH is 1. The number of esters is 3. The number of para-hydroxylation sites is 1. The van der Waals surface area contributed by atoms with Gasteiger partial charge in [-0.2, -0.15) is 0 Å². The van der Waals surface area contributed by atoms with Crippen LogP contribution in [0.4, 0.5) is 5.69 Å². The van der Waals surface area contributed by atoms with Crippen molar-refractivity contribution in [3.05, 3.63) is 70.9 Å². The van der Waals surface area contributed by atoms with Crippen LogP contribution < -0.4 is 9.64 Å². The monoisotopic (exact) mass is 798 g/mol. The number of benzene rings is 2. The number of likely N-dealkylation sites (N-methyl/N-ethyl adjacent to an activating group) is 1. The first-order valence-corrected chi connectivity index (χ1v) is 20.7. The number of aliphatic hydroxyl groups is 2. The molecule has 1 aromatic heterocycles. The van der Waals surface area contributed by atoms with Crippen molar-refractivity contribution in [2.75, 3.05) is 66.2 Å². The molecule has 0 amide bonds. The number of aromatic nitrogens is 1. The summed E-state index contributed by atoms with van der Waals surface area (Å²) in [7, 11) is 6.15. The average Bonchev–Trinajstić information content (AvgIpc) is 3.89. The van der Waals surface area contributed by atoms with Crippen LogP contribution in [0.15, 0.2) is 48.6 Å². The lowest BCUT2D eigenvalue weighted by molar-refractivity contribution is -0.228. The van der Waals surface area contributed by atoms with Crippen molar-refractivity contribution in [2.24, 2.45) is 11.3 Å². The number of nitrogens with one attached hydrogen (secondary N) is 1. The Morgan fingerprint density at radius 1 is 1.00 bits per heavy atom. The molecule has 312 valence electrons. The molecule has 0 radical (unpaired) electrons. The molecule has 8 atom stereocenters. The Morgan fingerprint density at radius 2 is 1.76 bits per heavy atom. The molecule has 5 heterocycles. The molecule has 2 aromatic carbocycles.